The lowest BCUT2D eigenvalue weighted by Crippen LogP contribution is -2.18. The normalized spacial score (nSPS) is 12.3. The molecule has 4 heteroatoms. The number of aromatic carboxylic acids is 1. The predicted molar refractivity (Wildman–Crippen MR) is 76.9 cm³/mol. The Hall–Kier alpha value is -2.10. The van der Waals surface area contributed by atoms with E-state index in [9.17, 15) is 9.59 Å². The number of carbonyl (C=O) groups is 2. The summed E-state index contributed by atoms with van der Waals surface area (Å²) in [4.78, 5) is 23.2. The Balaban J connectivity index is 2.86. The summed E-state index contributed by atoms with van der Waals surface area (Å²) in [6.45, 7) is 3.92. The van der Waals surface area contributed by atoms with Crippen LogP contribution in [0, 0.1) is 0 Å². The zero-order valence-corrected chi connectivity index (χ0v) is 11.8. The van der Waals surface area contributed by atoms with Crippen molar-refractivity contribution >= 4 is 11.9 Å². The van der Waals surface area contributed by atoms with Crippen LogP contribution in [0.1, 0.15) is 53.8 Å². The number of unbranched alkanes of at least 4 members (excludes halogenated alkanes) is 1. The van der Waals surface area contributed by atoms with Gasteiger partial charge >= 0.3 is 11.9 Å². The van der Waals surface area contributed by atoms with Crippen LogP contribution in [0.4, 0.5) is 0 Å². The maximum atomic E-state index is 12.1. The summed E-state index contributed by atoms with van der Waals surface area (Å²) in [5.41, 5.74) is 0.0539. The van der Waals surface area contributed by atoms with Gasteiger partial charge in [-0.1, -0.05) is 31.6 Å². The molecule has 1 aromatic carbocycles. The molecule has 0 saturated heterocycles. The number of esters is 1. The minimum absolute atomic E-state index is 0.0350. The second-order valence-electron chi connectivity index (χ2n) is 4.46. The number of carboxylic acids is 1. The number of hydrogen-bond acceptors (Lipinski definition) is 3. The van der Waals surface area contributed by atoms with Gasteiger partial charge in [0.25, 0.3) is 0 Å². The van der Waals surface area contributed by atoms with Crippen molar-refractivity contribution in [3.8, 4) is 0 Å². The Kier molecular flexibility index (Phi) is 6.50. The van der Waals surface area contributed by atoms with Gasteiger partial charge in [0.1, 0.15) is 6.10 Å². The molecule has 0 unspecified atom stereocenters. The van der Waals surface area contributed by atoms with Crippen LogP contribution < -0.4 is 0 Å². The molecule has 0 bridgehead atoms. The van der Waals surface area contributed by atoms with E-state index in [0.717, 1.165) is 19.3 Å². The molecule has 0 radical (unpaired) electrons. The molecule has 0 spiro atoms. The van der Waals surface area contributed by atoms with Crippen LogP contribution in [-0.4, -0.2) is 23.1 Å². The Labute approximate surface area is 119 Å². The van der Waals surface area contributed by atoms with Crippen molar-refractivity contribution < 1.29 is 19.4 Å². The van der Waals surface area contributed by atoms with E-state index in [0.29, 0.717) is 0 Å². The minimum Gasteiger partial charge on any atom is -0.478 e. The van der Waals surface area contributed by atoms with Gasteiger partial charge in [0.2, 0.25) is 0 Å². The summed E-state index contributed by atoms with van der Waals surface area (Å²) in [6, 6.07) is 6.08. The summed E-state index contributed by atoms with van der Waals surface area (Å²) in [7, 11) is 0. The van der Waals surface area contributed by atoms with Crippen molar-refractivity contribution in [3.05, 3.63) is 47.5 Å². The highest BCUT2D eigenvalue weighted by molar-refractivity contribution is 6.02. The third kappa shape index (κ3) is 4.53. The first-order valence-corrected chi connectivity index (χ1v) is 6.76. The van der Waals surface area contributed by atoms with Crippen LogP contribution in [-0.2, 0) is 4.74 Å². The van der Waals surface area contributed by atoms with E-state index < -0.39 is 11.9 Å². The highest BCUT2D eigenvalue weighted by Gasteiger charge is 2.19. The van der Waals surface area contributed by atoms with E-state index in [2.05, 4.69) is 6.92 Å². The Morgan fingerprint density at radius 3 is 2.50 bits per heavy atom. The average Bonchev–Trinajstić information content (AvgIpc) is 2.44. The maximum Gasteiger partial charge on any atom is 0.339 e. The Morgan fingerprint density at radius 2 is 1.95 bits per heavy atom. The molecule has 0 aliphatic carbocycles. The van der Waals surface area contributed by atoms with Crippen molar-refractivity contribution in [2.45, 2.75) is 39.2 Å². The van der Waals surface area contributed by atoms with Gasteiger partial charge in [-0.25, -0.2) is 9.59 Å². The van der Waals surface area contributed by atoms with Gasteiger partial charge < -0.3 is 9.84 Å². The molecule has 20 heavy (non-hydrogen) atoms. The average molecular weight is 276 g/mol. The first-order valence-electron chi connectivity index (χ1n) is 6.76. The highest BCUT2D eigenvalue weighted by Crippen LogP contribution is 2.14. The molecule has 0 aliphatic heterocycles. The standard InChI is InChI=1S/C16H20O4/c1-3-5-9-12(8-4-2)20-16(19)14-11-7-6-10-13(14)15(17)18/h4,6-8,10-12H,3,5,9H2,1-2H3,(H,17,18)/b8-4+/t12-/m0/s1. The van der Waals surface area contributed by atoms with Gasteiger partial charge in [0, 0.05) is 0 Å². The number of carbonyl (C=O) groups excluding carboxylic acids is 1. The van der Waals surface area contributed by atoms with Crippen molar-refractivity contribution in [1.82, 2.24) is 0 Å². The van der Waals surface area contributed by atoms with Crippen LogP contribution in [0.2, 0.25) is 0 Å². The highest BCUT2D eigenvalue weighted by atomic mass is 16.5. The van der Waals surface area contributed by atoms with E-state index in [1.165, 1.54) is 12.1 Å². The SMILES string of the molecule is C/C=C/[C@@H](CCCC)OC(=O)c1ccccc1C(=O)O. The van der Waals surface area contributed by atoms with Crippen LogP contribution in [0.25, 0.3) is 0 Å². The number of benzene rings is 1. The minimum atomic E-state index is -1.13. The molecule has 0 aliphatic rings. The fourth-order valence-electron chi connectivity index (χ4n) is 1.86. The molecule has 1 N–H and O–H groups in total. The van der Waals surface area contributed by atoms with E-state index in [-0.39, 0.29) is 17.2 Å². The van der Waals surface area contributed by atoms with Crippen molar-refractivity contribution in [1.29, 1.82) is 0 Å². The zero-order valence-electron chi connectivity index (χ0n) is 11.8. The molecular formula is C16H20O4. The molecule has 0 aromatic heterocycles. The molecule has 1 atom stereocenters. The summed E-state index contributed by atoms with van der Waals surface area (Å²) in [6.07, 6.45) is 6.03. The fourth-order valence-corrected chi connectivity index (χ4v) is 1.86. The van der Waals surface area contributed by atoms with Crippen LogP contribution in [0.5, 0.6) is 0 Å². The largest absolute Gasteiger partial charge is 0.478 e. The number of carboxylic acid groups (broad SMARTS) is 1. The smallest absolute Gasteiger partial charge is 0.339 e. The van der Waals surface area contributed by atoms with Crippen molar-refractivity contribution in [3.63, 3.8) is 0 Å². The van der Waals surface area contributed by atoms with E-state index in [1.54, 1.807) is 12.1 Å². The topological polar surface area (TPSA) is 63.6 Å². The molecule has 4 nitrogen and oxygen atoms in total. The summed E-state index contributed by atoms with van der Waals surface area (Å²) in [5.74, 6) is -1.73. The van der Waals surface area contributed by atoms with E-state index in [4.69, 9.17) is 9.84 Å². The first-order chi connectivity index (χ1) is 9.60. The molecule has 0 amide bonds. The molecule has 0 heterocycles. The lowest BCUT2D eigenvalue weighted by Gasteiger charge is -2.14. The maximum absolute atomic E-state index is 12.1. The van der Waals surface area contributed by atoms with Crippen molar-refractivity contribution in [2.75, 3.05) is 0 Å². The van der Waals surface area contributed by atoms with Crippen LogP contribution in [0.3, 0.4) is 0 Å². The van der Waals surface area contributed by atoms with Gasteiger partial charge in [-0.15, -0.1) is 0 Å². The Morgan fingerprint density at radius 1 is 1.30 bits per heavy atom. The fraction of sp³-hybridized carbons (Fsp3) is 0.375. The number of ether oxygens (including phenoxy) is 1. The van der Waals surface area contributed by atoms with E-state index in [1.807, 2.05) is 19.1 Å². The Bertz CT molecular complexity index is 491. The first kappa shape index (κ1) is 16.0. The molecule has 1 rings (SSSR count). The van der Waals surface area contributed by atoms with Gasteiger partial charge in [0.05, 0.1) is 11.1 Å². The zero-order chi connectivity index (χ0) is 15.0. The molecule has 1 aromatic rings. The second-order valence-corrected chi connectivity index (χ2v) is 4.46. The predicted octanol–water partition coefficient (Wildman–Crippen LogP) is 3.68. The molecule has 108 valence electrons. The molecular weight excluding hydrogens is 256 g/mol. The van der Waals surface area contributed by atoms with Gasteiger partial charge in [-0.3, -0.25) is 0 Å². The third-order valence-electron chi connectivity index (χ3n) is 2.89. The summed E-state index contributed by atoms with van der Waals surface area (Å²) in [5, 5.41) is 9.07. The molecule has 0 saturated carbocycles. The number of rotatable bonds is 7. The van der Waals surface area contributed by atoms with Gasteiger partial charge in [-0.05, 0) is 38.0 Å². The quantitative estimate of drug-likeness (QED) is 0.609. The number of allylic oxidation sites excluding steroid dienone is 1. The van der Waals surface area contributed by atoms with Crippen LogP contribution >= 0.6 is 0 Å². The summed E-state index contributed by atoms with van der Waals surface area (Å²) < 4.78 is 5.38. The second kappa shape index (κ2) is 8.15. The lowest BCUT2D eigenvalue weighted by atomic mass is 10.1. The monoisotopic (exact) mass is 276 g/mol. The van der Waals surface area contributed by atoms with Crippen LogP contribution in [0.15, 0.2) is 36.4 Å². The van der Waals surface area contributed by atoms with Gasteiger partial charge in [-0.2, -0.15) is 0 Å². The number of hydrogen-bond donors (Lipinski definition) is 1. The summed E-state index contributed by atoms with van der Waals surface area (Å²) >= 11 is 0. The third-order valence-corrected chi connectivity index (χ3v) is 2.89. The lowest BCUT2D eigenvalue weighted by molar-refractivity contribution is 0.0370. The van der Waals surface area contributed by atoms with Crippen molar-refractivity contribution in [2.24, 2.45) is 0 Å². The molecule has 0 fully saturated rings. The van der Waals surface area contributed by atoms with E-state index >= 15 is 0 Å². The van der Waals surface area contributed by atoms with Gasteiger partial charge in [0.15, 0.2) is 0 Å².